The highest BCUT2D eigenvalue weighted by atomic mass is 32.1. The SMILES string of the molecule is COc1cc(NC(=O)c2sccc2OC)c([N+](=O)[O-])cc1OC. The molecule has 0 fully saturated rings. The molecule has 23 heavy (non-hydrogen) atoms. The highest BCUT2D eigenvalue weighted by Crippen LogP contribution is 2.38. The van der Waals surface area contributed by atoms with E-state index in [0.717, 1.165) is 0 Å². The number of anilines is 1. The number of rotatable bonds is 6. The van der Waals surface area contributed by atoms with Gasteiger partial charge in [0.1, 0.15) is 16.3 Å². The van der Waals surface area contributed by atoms with Gasteiger partial charge in [0.15, 0.2) is 11.5 Å². The van der Waals surface area contributed by atoms with Crippen molar-refractivity contribution >= 4 is 28.6 Å². The highest BCUT2D eigenvalue weighted by molar-refractivity contribution is 7.12. The number of benzene rings is 1. The maximum atomic E-state index is 12.3. The minimum absolute atomic E-state index is 0.00750. The maximum Gasteiger partial charge on any atom is 0.296 e. The fraction of sp³-hybridized carbons (Fsp3) is 0.214. The summed E-state index contributed by atoms with van der Waals surface area (Å²) in [6, 6.07) is 4.18. The second-order valence-corrected chi connectivity index (χ2v) is 5.17. The Morgan fingerprint density at radius 1 is 1.13 bits per heavy atom. The Bertz CT molecular complexity index is 743. The first-order chi connectivity index (χ1) is 11.0. The monoisotopic (exact) mass is 338 g/mol. The molecule has 0 unspecified atom stereocenters. The molecule has 0 aliphatic carbocycles. The van der Waals surface area contributed by atoms with Crippen LogP contribution >= 0.6 is 11.3 Å². The number of nitrogens with zero attached hydrogens (tertiary/aromatic N) is 1. The Hall–Kier alpha value is -2.81. The minimum Gasteiger partial charge on any atom is -0.495 e. The Morgan fingerprint density at radius 2 is 1.74 bits per heavy atom. The summed E-state index contributed by atoms with van der Waals surface area (Å²) < 4.78 is 15.2. The fourth-order valence-corrected chi connectivity index (χ4v) is 2.68. The number of carbonyl (C=O) groups excluding carboxylic acids is 1. The Balaban J connectivity index is 2.42. The van der Waals surface area contributed by atoms with Crippen LogP contribution < -0.4 is 19.5 Å². The molecule has 1 N–H and O–H groups in total. The summed E-state index contributed by atoms with van der Waals surface area (Å²) in [5.74, 6) is 0.361. The predicted molar refractivity (Wildman–Crippen MR) is 85.0 cm³/mol. The summed E-state index contributed by atoms with van der Waals surface area (Å²) in [6.07, 6.45) is 0. The van der Waals surface area contributed by atoms with Crippen LogP contribution in [-0.4, -0.2) is 32.2 Å². The molecule has 122 valence electrons. The molecule has 0 saturated heterocycles. The zero-order chi connectivity index (χ0) is 17.0. The lowest BCUT2D eigenvalue weighted by atomic mass is 10.2. The molecule has 0 spiro atoms. The molecule has 1 heterocycles. The Kier molecular flexibility index (Phi) is 5.02. The molecule has 2 aromatic rings. The largest absolute Gasteiger partial charge is 0.495 e. The van der Waals surface area contributed by atoms with Crippen molar-refractivity contribution in [1.82, 2.24) is 0 Å². The van der Waals surface area contributed by atoms with Crippen molar-refractivity contribution in [3.05, 3.63) is 38.6 Å². The molecule has 1 aromatic carbocycles. The maximum absolute atomic E-state index is 12.3. The summed E-state index contributed by atoms with van der Waals surface area (Å²) in [7, 11) is 4.21. The molecule has 9 heteroatoms. The number of carbonyl (C=O) groups is 1. The zero-order valence-electron chi connectivity index (χ0n) is 12.6. The van der Waals surface area contributed by atoms with E-state index in [1.807, 2.05) is 0 Å². The lowest BCUT2D eigenvalue weighted by Gasteiger charge is -2.11. The van der Waals surface area contributed by atoms with Gasteiger partial charge in [-0.1, -0.05) is 0 Å². The van der Waals surface area contributed by atoms with Gasteiger partial charge in [0.25, 0.3) is 11.6 Å². The number of methoxy groups -OCH3 is 3. The van der Waals surface area contributed by atoms with E-state index >= 15 is 0 Å². The first-order valence-corrected chi connectivity index (χ1v) is 7.23. The molecular weight excluding hydrogens is 324 g/mol. The summed E-state index contributed by atoms with van der Waals surface area (Å²) in [5.41, 5.74) is -0.292. The van der Waals surface area contributed by atoms with Crippen molar-refractivity contribution in [3.8, 4) is 17.2 Å². The number of hydrogen-bond donors (Lipinski definition) is 1. The average molecular weight is 338 g/mol. The zero-order valence-corrected chi connectivity index (χ0v) is 13.4. The van der Waals surface area contributed by atoms with E-state index in [4.69, 9.17) is 14.2 Å². The van der Waals surface area contributed by atoms with Crippen molar-refractivity contribution in [2.45, 2.75) is 0 Å². The molecule has 0 saturated carbocycles. The molecule has 0 aliphatic rings. The smallest absolute Gasteiger partial charge is 0.296 e. The van der Waals surface area contributed by atoms with Gasteiger partial charge < -0.3 is 19.5 Å². The number of ether oxygens (including phenoxy) is 3. The number of nitro benzene ring substituents is 1. The number of thiophene rings is 1. The summed E-state index contributed by atoms with van der Waals surface area (Å²) >= 11 is 1.17. The van der Waals surface area contributed by atoms with Gasteiger partial charge in [0.2, 0.25) is 0 Å². The van der Waals surface area contributed by atoms with E-state index in [1.165, 1.54) is 44.8 Å². The number of amides is 1. The molecule has 2 rings (SSSR count). The third-order valence-electron chi connectivity index (χ3n) is 3.00. The van der Waals surface area contributed by atoms with E-state index in [-0.39, 0.29) is 22.9 Å². The molecular formula is C14H14N2O6S. The molecule has 1 amide bonds. The quantitative estimate of drug-likeness (QED) is 0.642. The normalized spacial score (nSPS) is 10.0. The summed E-state index contributed by atoms with van der Waals surface area (Å²) in [6.45, 7) is 0. The lowest BCUT2D eigenvalue weighted by Crippen LogP contribution is -2.13. The van der Waals surface area contributed by atoms with Gasteiger partial charge in [0.05, 0.1) is 32.3 Å². The van der Waals surface area contributed by atoms with Crippen molar-refractivity contribution in [3.63, 3.8) is 0 Å². The van der Waals surface area contributed by atoms with Crippen LogP contribution in [0.5, 0.6) is 17.2 Å². The van der Waals surface area contributed by atoms with Crippen LogP contribution in [0.4, 0.5) is 11.4 Å². The molecule has 0 radical (unpaired) electrons. The van der Waals surface area contributed by atoms with Gasteiger partial charge in [-0.15, -0.1) is 11.3 Å². The highest BCUT2D eigenvalue weighted by Gasteiger charge is 2.23. The van der Waals surface area contributed by atoms with Crippen LogP contribution in [0, 0.1) is 10.1 Å². The van der Waals surface area contributed by atoms with Gasteiger partial charge in [-0.25, -0.2) is 0 Å². The first kappa shape index (κ1) is 16.6. The fourth-order valence-electron chi connectivity index (χ4n) is 1.92. The van der Waals surface area contributed by atoms with Crippen LogP contribution in [0.15, 0.2) is 23.6 Å². The van der Waals surface area contributed by atoms with Crippen molar-refractivity contribution in [2.24, 2.45) is 0 Å². The van der Waals surface area contributed by atoms with E-state index in [2.05, 4.69) is 5.32 Å². The molecule has 1 aromatic heterocycles. The predicted octanol–water partition coefficient (Wildman–Crippen LogP) is 2.93. The second kappa shape index (κ2) is 6.97. The first-order valence-electron chi connectivity index (χ1n) is 6.35. The standard InChI is InChI=1S/C14H14N2O6S/c1-20-10-4-5-23-13(10)14(17)15-8-6-11(21-2)12(22-3)7-9(8)16(18)19/h4-7H,1-3H3,(H,15,17). The van der Waals surface area contributed by atoms with E-state index in [9.17, 15) is 14.9 Å². The Morgan fingerprint density at radius 3 is 2.30 bits per heavy atom. The molecule has 0 atom stereocenters. The number of nitro groups is 1. The Labute approximate surface area is 135 Å². The van der Waals surface area contributed by atoms with E-state index in [1.54, 1.807) is 11.4 Å². The van der Waals surface area contributed by atoms with Gasteiger partial charge in [-0.2, -0.15) is 0 Å². The topological polar surface area (TPSA) is 99.9 Å². The van der Waals surface area contributed by atoms with E-state index < -0.39 is 10.8 Å². The third-order valence-corrected chi connectivity index (χ3v) is 3.90. The molecule has 8 nitrogen and oxygen atoms in total. The van der Waals surface area contributed by atoms with Crippen LogP contribution in [-0.2, 0) is 0 Å². The van der Waals surface area contributed by atoms with Crippen LogP contribution in [0.2, 0.25) is 0 Å². The number of hydrogen-bond acceptors (Lipinski definition) is 7. The molecule has 0 aliphatic heterocycles. The van der Waals surface area contributed by atoms with Crippen molar-refractivity contribution in [2.75, 3.05) is 26.6 Å². The molecule has 0 bridgehead atoms. The minimum atomic E-state index is -0.608. The van der Waals surface area contributed by atoms with Gasteiger partial charge >= 0.3 is 0 Å². The van der Waals surface area contributed by atoms with Gasteiger partial charge in [-0.3, -0.25) is 14.9 Å². The second-order valence-electron chi connectivity index (χ2n) is 4.25. The van der Waals surface area contributed by atoms with Crippen LogP contribution in [0.3, 0.4) is 0 Å². The third kappa shape index (κ3) is 3.34. The summed E-state index contributed by atoms with van der Waals surface area (Å²) in [5, 5.41) is 15.4. The van der Waals surface area contributed by atoms with Crippen molar-refractivity contribution < 1.29 is 23.9 Å². The van der Waals surface area contributed by atoms with E-state index in [0.29, 0.717) is 10.6 Å². The van der Waals surface area contributed by atoms with Gasteiger partial charge in [-0.05, 0) is 11.4 Å². The number of nitrogens with one attached hydrogen (secondary N) is 1. The van der Waals surface area contributed by atoms with Gasteiger partial charge in [0, 0.05) is 6.07 Å². The van der Waals surface area contributed by atoms with Crippen LogP contribution in [0.25, 0.3) is 0 Å². The average Bonchev–Trinajstić information content (AvgIpc) is 3.02. The van der Waals surface area contributed by atoms with Crippen molar-refractivity contribution in [1.29, 1.82) is 0 Å². The summed E-state index contributed by atoms with van der Waals surface area (Å²) in [4.78, 5) is 23.2. The van der Waals surface area contributed by atoms with Crippen LogP contribution in [0.1, 0.15) is 9.67 Å². The lowest BCUT2D eigenvalue weighted by molar-refractivity contribution is -0.384.